The second-order valence-electron chi connectivity index (χ2n) is 11.9. The topological polar surface area (TPSA) is 153 Å². The molecule has 0 bridgehead atoms. The summed E-state index contributed by atoms with van der Waals surface area (Å²) in [4.78, 5) is 64.7. The third kappa shape index (κ3) is 4.04. The van der Waals surface area contributed by atoms with Gasteiger partial charge in [-0.15, -0.1) is 23.2 Å². The molecule has 3 fully saturated rings. The first kappa shape index (κ1) is 30.8. The lowest BCUT2D eigenvalue weighted by Crippen LogP contribution is -2.60. The van der Waals surface area contributed by atoms with E-state index in [0.29, 0.717) is 4.90 Å². The number of phenolic OH excluding ortho intramolecular Hbond substituents is 1. The predicted octanol–water partition coefficient (Wildman–Crippen LogP) is 4.84. The number of carboxylic acids is 1. The van der Waals surface area contributed by atoms with Gasteiger partial charge in [0.05, 0.1) is 23.2 Å². The van der Waals surface area contributed by atoms with Crippen molar-refractivity contribution in [1.82, 2.24) is 0 Å². The molecule has 2 heterocycles. The first-order chi connectivity index (χ1) is 22.2. The number of allylic oxidation sites excluding steroid dienone is 2. The number of nitrogens with zero attached hydrogens (tertiary/aromatic N) is 2. The summed E-state index contributed by atoms with van der Waals surface area (Å²) in [6.07, 6.45) is 1.12. The summed E-state index contributed by atoms with van der Waals surface area (Å²) < 4.78 is 28.6. The smallest absolute Gasteiger partial charge is 0.339 e. The summed E-state index contributed by atoms with van der Waals surface area (Å²) >= 11 is 14.4. The number of anilines is 2. The molecule has 3 aromatic carbocycles. The Morgan fingerprint density at radius 3 is 2.19 bits per heavy atom. The summed E-state index contributed by atoms with van der Waals surface area (Å²) in [6.45, 7) is 0. The molecule has 1 saturated carbocycles. The molecule has 14 heteroatoms. The van der Waals surface area contributed by atoms with Crippen molar-refractivity contribution in [3.05, 3.63) is 95.1 Å². The highest BCUT2D eigenvalue weighted by Crippen LogP contribution is 2.66. The lowest BCUT2D eigenvalue weighted by atomic mass is 9.56. The van der Waals surface area contributed by atoms with E-state index in [9.17, 15) is 48.1 Å². The molecule has 2 aliphatic carbocycles. The Morgan fingerprint density at radius 2 is 1.53 bits per heavy atom. The van der Waals surface area contributed by atoms with Gasteiger partial charge in [-0.2, -0.15) is 0 Å². The number of amides is 4. The Kier molecular flexibility index (Phi) is 6.79. The molecular weight excluding hydrogens is 661 g/mol. The van der Waals surface area contributed by atoms with Crippen LogP contribution in [0.5, 0.6) is 11.5 Å². The summed E-state index contributed by atoms with van der Waals surface area (Å²) in [7, 11) is 0. The van der Waals surface area contributed by atoms with E-state index in [0.717, 1.165) is 35.2 Å². The number of carbonyl (C=O) groups is 5. The van der Waals surface area contributed by atoms with Crippen LogP contribution in [0.4, 0.5) is 20.2 Å². The van der Waals surface area contributed by atoms with Crippen LogP contribution in [0.15, 0.2) is 72.3 Å². The molecule has 7 rings (SSSR count). The Labute approximate surface area is 274 Å². The van der Waals surface area contributed by atoms with Crippen molar-refractivity contribution in [2.75, 3.05) is 9.80 Å². The molecule has 6 unspecified atom stereocenters. The maximum absolute atomic E-state index is 14.8. The molecule has 0 aromatic heterocycles. The van der Waals surface area contributed by atoms with Crippen LogP contribution in [0.25, 0.3) is 0 Å². The van der Waals surface area contributed by atoms with Gasteiger partial charge in [-0.1, -0.05) is 23.8 Å². The zero-order valence-corrected chi connectivity index (χ0v) is 25.4. The number of aromatic carboxylic acids is 1. The minimum atomic E-state index is -2.37. The highest BCUT2D eigenvalue weighted by molar-refractivity contribution is 6.58. The minimum absolute atomic E-state index is 0.0456. The fourth-order valence-electron chi connectivity index (χ4n) is 7.60. The molecule has 47 heavy (non-hydrogen) atoms. The number of alkyl halides is 2. The molecule has 240 valence electrons. The van der Waals surface area contributed by atoms with Crippen molar-refractivity contribution in [3.8, 4) is 11.5 Å². The molecule has 10 nitrogen and oxygen atoms in total. The molecule has 2 aliphatic heterocycles. The van der Waals surface area contributed by atoms with E-state index in [1.54, 1.807) is 6.08 Å². The van der Waals surface area contributed by atoms with Crippen molar-refractivity contribution in [2.45, 2.75) is 28.5 Å². The molecule has 2 saturated heterocycles. The number of benzene rings is 3. The molecule has 0 radical (unpaired) electrons. The third-order valence-corrected chi connectivity index (χ3v) is 11.1. The second kappa shape index (κ2) is 10.3. The predicted molar refractivity (Wildman–Crippen MR) is 162 cm³/mol. The molecule has 6 atom stereocenters. The van der Waals surface area contributed by atoms with E-state index in [2.05, 4.69) is 0 Å². The molecular formula is C33H22Cl2F2N2O8. The van der Waals surface area contributed by atoms with E-state index >= 15 is 0 Å². The minimum Gasteiger partial charge on any atom is -0.507 e. The number of carboxylic acid groups (broad SMARTS) is 1. The Hall–Kier alpha value is -4.81. The highest BCUT2D eigenvalue weighted by Gasteiger charge is 2.77. The standard InChI is InChI=1S/C33H22Cl2F2N2O8/c34-32-13-21-17(10-11-19-24(21)28(43)38(27(19)42)16-8-9-18(29(44)45)23(40)12-16)25(20-2-1-3-22(37)26(20)41)33(32,35)31(47)39(30(32)46)15-6-4-14(36)5-7-15/h1-10,12,19,21,24-25,40-41H,11,13H2,(H,44,45). The number of phenols is 2. The maximum atomic E-state index is 14.8. The zero-order chi connectivity index (χ0) is 33.7. The van der Waals surface area contributed by atoms with Crippen LogP contribution in [0, 0.1) is 29.4 Å². The van der Waals surface area contributed by atoms with Crippen LogP contribution in [-0.4, -0.2) is 54.7 Å². The summed E-state index contributed by atoms with van der Waals surface area (Å²) in [6, 6.07) is 11.2. The van der Waals surface area contributed by atoms with Gasteiger partial charge in [0.2, 0.25) is 11.8 Å². The van der Waals surface area contributed by atoms with Crippen molar-refractivity contribution in [2.24, 2.45) is 17.8 Å². The van der Waals surface area contributed by atoms with Crippen LogP contribution < -0.4 is 9.80 Å². The Bertz CT molecular complexity index is 1990. The van der Waals surface area contributed by atoms with E-state index in [1.165, 1.54) is 30.3 Å². The number of rotatable bonds is 4. The van der Waals surface area contributed by atoms with Crippen LogP contribution in [-0.2, 0) is 19.2 Å². The van der Waals surface area contributed by atoms with Crippen molar-refractivity contribution >= 4 is 64.2 Å². The van der Waals surface area contributed by atoms with Gasteiger partial charge in [0.15, 0.2) is 21.3 Å². The van der Waals surface area contributed by atoms with E-state index in [4.69, 9.17) is 23.2 Å². The number of fused-ring (bicyclic) bond motifs is 4. The van der Waals surface area contributed by atoms with Gasteiger partial charge >= 0.3 is 5.97 Å². The molecule has 4 amide bonds. The number of carbonyl (C=O) groups excluding carboxylic acids is 4. The quantitative estimate of drug-likeness (QED) is 0.201. The number of aromatic hydroxyl groups is 2. The normalized spacial score (nSPS) is 29.8. The first-order valence-corrected chi connectivity index (χ1v) is 15.1. The highest BCUT2D eigenvalue weighted by atomic mass is 35.5. The number of para-hydroxylation sites is 1. The van der Waals surface area contributed by atoms with Gasteiger partial charge in [-0.25, -0.2) is 23.4 Å². The van der Waals surface area contributed by atoms with Crippen molar-refractivity contribution in [1.29, 1.82) is 0 Å². The second-order valence-corrected chi connectivity index (χ2v) is 13.2. The number of imide groups is 2. The van der Waals surface area contributed by atoms with Crippen LogP contribution in [0.1, 0.15) is 34.7 Å². The van der Waals surface area contributed by atoms with Gasteiger partial charge < -0.3 is 15.3 Å². The average molecular weight is 683 g/mol. The molecule has 3 N–H and O–H groups in total. The fraction of sp³-hybridized carbons (Fsp3) is 0.242. The van der Waals surface area contributed by atoms with Gasteiger partial charge in [0, 0.05) is 17.5 Å². The van der Waals surface area contributed by atoms with Crippen LogP contribution >= 0.6 is 23.2 Å². The molecule has 0 spiro atoms. The zero-order valence-electron chi connectivity index (χ0n) is 23.9. The van der Waals surface area contributed by atoms with E-state index in [1.807, 2.05) is 0 Å². The lowest BCUT2D eigenvalue weighted by Gasteiger charge is -2.50. The Balaban J connectivity index is 1.39. The monoisotopic (exact) mass is 682 g/mol. The molecule has 3 aromatic rings. The molecule has 4 aliphatic rings. The average Bonchev–Trinajstić information content (AvgIpc) is 3.37. The number of halogens is 4. The van der Waals surface area contributed by atoms with E-state index in [-0.39, 0.29) is 28.9 Å². The van der Waals surface area contributed by atoms with Gasteiger partial charge in [0.1, 0.15) is 17.1 Å². The van der Waals surface area contributed by atoms with Crippen LogP contribution in [0.2, 0.25) is 0 Å². The largest absolute Gasteiger partial charge is 0.507 e. The van der Waals surface area contributed by atoms with Crippen molar-refractivity contribution in [3.63, 3.8) is 0 Å². The Morgan fingerprint density at radius 1 is 0.851 bits per heavy atom. The van der Waals surface area contributed by atoms with Gasteiger partial charge in [-0.05, 0) is 61.2 Å². The number of hydrogen-bond donors (Lipinski definition) is 3. The summed E-state index contributed by atoms with van der Waals surface area (Å²) in [5.74, 6) is -12.7. The van der Waals surface area contributed by atoms with E-state index < -0.39 is 98.1 Å². The summed E-state index contributed by atoms with van der Waals surface area (Å²) in [5, 5.41) is 30.5. The summed E-state index contributed by atoms with van der Waals surface area (Å²) in [5.41, 5.74) is -0.472. The maximum Gasteiger partial charge on any atom is 0.339 e. The SMILES string of the molecule is O=C(O)c1ccc(N2C(=O)C3CC=C4C(CC5(Cl)C(=O)N(c6ccc(F)cc6)C(=O)C5(Cl)C4c4cccc(F)c4O)C3C2=O)cc1O. The lowest BCUT2D eigenvalue weighted by molar-refractivity contribution is -0.125. The van der Waals surface area contributed by atoms with Crippen molar-refractivity contribution < 1.29 is 48.1 Å². The fourth-order valence-corrected chi connectivity index (χ4v) is 8.53. The first-order valence-electron chi connectivity index (χ1n) is 14.4. The van der Waals surface area contributed by atoms with Gasteiger partial charge in [-0.3, -0.25) is 19.2 Å². The van der Waals surface area contributed by atoms with Crippen LogP contribution in [0.3, 0.4) is 0 Å². The number of hydrogen-bond acceptors (Lipinski definition) is 7. The third-order valence-electron chi connectivity index (χ3n) is 9.69. The van der Waals surface area contributed by atoms with Gasteiger partial charge in [0.25, 0.3) is 11.8 Å².